The molecule has 8 nitrogen and oxygen atoms in total. The lowest BCUT2D eigenvalue weighted by molar-refractivity contribution is 0.102. The number of H-pyrrole nitrogens is 1. The molecule has 0 unspecified atom stereocenters. The van der Waals surface area contributed by atoms with Crippen LogP contribution in [0.1, 0.15) is 39.4 Å². The molecule has 0 aliphatic rings. The molecule has 0 atom stereocenters. The Balaban J connectivity index is 1.65. The molecule has 4 heterocycles. The van der Waals surface area contributed by atoms with Crippen LogP contribution < -0.4 is 5.56 Å². The number of aromatic nitrogens is 6. The number of aromatic amines is 1. The van der Waals surface area contributed by atoms with Crippen LogP contribution in [0.5, 0.6) is 0 Å². The van der Waals surface area contributed by atoms with Crippen molar-refractivity contribution in [2.24, 2.45) is 0 Å². The van der Waals surface area contributed by atoms with Crippen LogP contribution in [-0.4, -0.2) is 35.3 Å². The summed E-state index contributed by atoms with van der Waals surface area (Å²) in [6.07, 6.45) is 0. The SMILES string of the molecule is CC(=O)c1sc2nc(CSc3nc4nc(C)cc(C)n4n3)[nH]c(=O)c2c1C. The smallest absolute Gasteiger partial charge is 0.259 e. The second-order valence-electron chi connectivity index (χ2n) is 6.24. The molecule has 4 aromatic rings. The molecule has 0 aromatic carbocycles. The van der Waals surface area contributed by atoms with Gasteiger partial charge in [0.25, 0.3) is 11.3 Å². The van der Waals surface area contributed by atoms with Gasteiger partial charge in [0.2, 0.25) is 5.16 Å². The van der Waals surface area contributed by atoms with E-state index < -0.39 is 0 Å². The van der Waals surface area contributed by atoms with Gasteiger partial charge in [0.15, 0.2) is 5.78 Å². The van der Waals surface area contributed by atoms with Crippen molar-refractivity contribution in [3.63, 3.8) is 0 Å². The van der Waals surface area contributed by atoms with Crippen molar-refractivity contribution in [1.82, 2.24) is 29.5 Å². The third-order valence-corrected chi connectivity index (χ3v) is 6.24. The van der Waals surface area contributed by atoms with Crippen LogP contribution in [0.2, 0.25) is 0 Å². The second-order valence-corrected chi connectivity index (χ2v) is 8.18. The van der Waals surface area contributed by atoms with Crippen LogP contribution in [0, 0.1) is 20.8 Å². The summed E-state index contributed by atoms with van der Waals surface area (Å²) in [7, 11) is 0. The summed E-state index contributed by atoms with van der Waals surface area (Å²) in [4.78, 5) is 41.4. The fourth-order valence-corrected chi connectivity index (χ4v) is 4.72. The average molecular weight is 400 g/mol. The Bertz CT molecular complexity index is 1270. The molecule has 0 saturated carbocycles. The van der Waals surface area contributed by atoms with Gasteiger partial charge in [0.05, 0.1) is 16.0 Å². The number of hydrogen-bond donors (Lipinski definition) is 1. The average Bonchev–Trinajstić information content (AvgIpc) is 3.14. The van der Waals surface area contributed by atoms with E-state index in [1.54, 1.807) is 11.4 Å². The summed E-state index contributed by atoms with van der Waals surface area (Å²) >= 11 is 2.62. The van der Waals surface area contributed by atoms with E-state index in [0.717, 1.165) is 11.4 Å². The van der Waals surface area contributed by atoms with E-state index in [1.807, 2.05) is 19.9 Å². The zero-order valence-electron chi connectivity index (χ0n) is 15.2. The molecule has 0 radical (unpaired) electrons. The summed E-state index contributed by atoms with van der Waals surface area (Å²) in [5.74, 6) is 1.42. The number of ketones is 1. The van der Waals surface area contributed by atoms with Gasteiger partial charge in [-0.15, -0.1) is 16.4 Å². The number of Topliss-reactive ketones (excluding diaryl/α,β-unsaturated/α-hetero) is 1. The first-order chi connectivity index (χ1) is 12.8. The first-order valence-corrected chi connectivity index (χ1v) is 10.0. The summed E-state index contributed by atoms with van der Waals surface area (Å²) in [6.45, 7) is 7.13. The van der Waals surface area contributed by atoms with E-state index in [2.05, 4.69) is 25.0 Å². The van der Waals surface area contributed by atoms with E-state index in [4.69, 9.17) is 0 Å². The van der Waals surface area contributed by atoms with E-state index in [1.165, 1.54) is 30.0 Å². The number of carbonyl (C=O) groups excluding carboxylic acids is 1. The van der Waals surface area contributed by atoms with Crippen molar-refractivity contribution in [3.05, 3.63) is 44.1 Å². The van der Waals surface area contributed by atoms with Gasteiger partial charge < -0.3 is 4.98 Å². The number of aryl methyl sites for hydroxylation is 3. The molecule has 1 N–H and O–H groups in total. The van der Waals surface area contributed by atoms with Crippen LogP contribution in [0.15, 0.2) is 16.0 Å². The predicted octanol–water partition coefficient (Wildman–Crippen LogP) is 2.84. The normalized spacial score (nSPS) is 11.6. The molecular formula is C17H16N6O2S2. The Hall–Kier alpha value is -2.59. The Morgan fingerprint density at radius 2 is 2.04 bits per heavy atom. The highest BCUT2D eigenvalue weighted by atomic mass is 32.2. The minimum Gasteiger partial charge on any atom is -0.309 e. The zero-order valence-corrected chi connectivity index (χ0v) is 16.8. The standard InChI is InChI=1S/C17H16N6O2S2/c1-7-5-8(2)23-16(18-7)21-17(22-23)26-6-11-19-14(25)12-9(3)13(10(4)24)27-15(12)20-11/h5H,6H2,1-4H3,(H,19,20,25). The summed E-state index contributed by atoms with van der Waals surface area (Å²) in [6, 6.07) is 1.94. The number of rotatable bonds is 4. The highest BCUT2D eigenvalue weighted by Gasteiger charge is 2.17. The molecule has 0 amide bonds. The fraction of sp³-hybridized carbons (Fsp3) is 0.294. The lowest BCUT2D eigenvalue weighted by Crippen LogP contribution is -2.11. The van der Waals surface area contributed by atoms with Gasteiger partial charge in [-0.2, -0.15) is 4.98 Å². The number of nitrogens with zero attached hydrogens (tertiary/aromatic N) is 5. The number of carbonyl (C=O) groups is 1. The molecule has 138 valence electrons. The predicted molar refractivity (Wildman–Crippen MR) is 105 cm³/mol. The Morgan fingerprint density at radius 1 is 1.26 bits per heavy atom. The summed E-state index contributed by atoms with van der Waals surface area (Å²) in [5, 5.41) is 5.49. The van der Waals surface area contributed by atoms with Crippen LogP contribution in [0.4, 0.5) is 0 Å². The van der Waals surface area contributed by atoms with Crippen LogP contribution in [0.3, 0.4) is 0 Å². The van der Waals surface area contributed by atoms with Gasteiger partial charge in [-0.25, -0.2) is 14.5 Å². The number of hydrogen-bond acceptors (Lipinski definition) is 8. The maximum Gasteiger partial charge on any atom is 0.259 e. The van der Waals surface area contributed by atoms with Crippen LogP contribution in [-0.2, 0) is 5.75 Å². The minimum atomic E-state index is -0.229. The summed E-state index contributed by atoms with van der Waals surface area (Å²) in [5.41, 5.74) is 2.30. The topological polar surface area (TPSA) is 106 Å². The van der Waals surface area contributed by atoms with Crippen molar-refractivity contribution in [2.45, 2.75) is 38.6 Å². The highest BCUT2D eigenvalue weighted by Crippen LogP contribution is 2.28. The molecule has 4 aromatic heterocycles. The monoisotopic (exact) mass is 400 g/mol. The molecule has 10 heteroatoms. The van der Waals surface area contributed by atoms with Crippen molar-refractivity contribution in [3.8, 4) is 0 Å². The van der Waals surface area contributed by atoms with Crippen molar-refractivity contribution < 1.29 is 4.79 Å². The lowest BCUT2D eigenvalue weighted by atomic mass is 10.2. The zero-order chi connectivity index (χ0) is 19.3. The summed E-state index contributed by atoms with van der Waals surface area (Å²) < 4.78 is 1.69. The molecule has 0 aliphatic carbocycles. The molecule has 27 heavy (non-hydrogen) atoms. The molecule has 0 saturated heterocycles. The molecule has 0 spiro atoms. The number of thioether (sulfide) groups is 1. The van der Waals surface area contributed by atoms with Gasteiger partial charge >= 0.3 is 0 Å². The number of thiophene rings is 1. The van der Waals surface area contributed by atoms with E-state index in [0.29, 0.717) is 43.2 Å². The minimum absolute atomic E-state index is 0.0575. The second kappa shape index (κ2) is 6.54. The van der Waals surface area contributed by atoms with Gasteiger partial charge in [0.1, 0.15) is 10.7 Å². The van der Waals surface area contributed by atoms with E-state index in [-0.39, 0.29) is 11.3 Å². The van der Waals surface area contributed by atoms with Gasteiger partial charge in [0, 0.05) is 11.4 Å². The third kappa shape index (κ3) is 3.15. The van der Waals surface area contributed by atoms with Crippen molar-refractivity contribution in [1.29, 1.82) is 0 Å². The highest BCUT2D eigenvalue weighted by molar-refractivity contribution is 7.98. The number of nitrogens with one attached hydrogen (secondary N) is 1. The molecule has 0 aliphatic heterocycles. The maximum absolute atomic E-state index is 12.4. The van der Waals surface area contributed by atoms with Gasteiger partial charge in [-0.3, -0.25) is 9.59 Å². The molecular weight excluding hydrogens is 384 g/mol. The number of fused-ring (bicyclic) bond motifs is 2. The lowest BCUT2D eigenvalue weighted by Gasteiger charge is -1.99. The molecule has 0 bridgehead atoms. The molecule has 4 rings (SSSR count). The first kappa shape index (κ1) is 17.8. The quantitative estimate of drug-likeness (QED) is 0.415. The van der Waals surface area contributed by atoms with Gasteiger partial charge in [-0.1, -0.05) is 11.8 Å². The van der Waals surface area contributed by atoms with Crippen LogP contribution >= 0.6 is 23.1 Å². The Morgan fingerprint density at radius 3 is 2.78 bits per heavy atom. The van der Waals surface area contributed by atoms with E-state index in [9.17, 15) is 9.59 Å². The third-order valence-electron chi connectivity index (χ3n) is 4.11. The van der Waals surface area contributed by atoms with Gasteiger partial charge in [-0.05, 0) is 39.3 Å². The largest absolute Gasteiger partial charge is 0.309 e. The fourth-order valence-electron chi connectivity index (χ4n) is 2.93. The Labute approximate surface area is 162 Å². The van der Waals surface area contributed by atoms with Crippen LogP contribution in [0.25, 0.3) is 16.0 Å². The first-order valence-electron chi connectivity index (χ1n) is 8.20. The maximum atomic E-state index is 12.4. The molecule has 0 fully saturated rings. The Kier molecular flexibility index (Phi) is 4.31. The van der Waals surface area contributed by atoms with Crippen molar-refractivity contribution in [2.75, 3.05) is 0 Å². The van der Waals surface area contributed by atoms with Crippen molar-refractivity contribution >= 4 is 44.9 Å². The van der Waals surface area contributed by atoms with E-state index >= 15 is 0 Å².